The van der Waals surface area contributed by atoms with Crippen LogP contribution in [0.5, 0.6) is 0 Å². The molecule has 1 saturated carbocycles. The monoisotopic (exact) mass is 302 g/mol. The van der Waals surface area contributed by atoms with E-state index in [1.165, 1.54) is 12.1 Å². The molecule has 2 N–H and O–H groups in total. The molecule has 0 saturated heterocycles. The molecule has 0 heterocycles. The lowest BCUT2D eigenvalue weighted by Crippen LogP contribution is -2.34. The van der Waals surface area contributed by atoms with Crippen LogP contribution in [0.25, 0.3) is 0 Å². The smallest absolute Gasteiger partial charge is 0.243 e. The fraction of sp³-hybridized carbons (Fsp3) is 0.538. The third-order valence-electron chi connectivity index (χ3n) is 3.40. The van der Waals surface area contributed by atoms with E-state index in [1.54, 1.807) is 0 Å². The van der Waals surface area contributed by atoms with Crippen molar-refractivity contribution in [2.75, 3.05) is 20.1 Å². The van der Waals surface area contributed by atoms with Crippen molar-refractivity contribution in [3.05, 3.63) is 29.6 Å². The predicted molar refractivity (Wildman–Crippen MR) is 73.2 cm³/mol. The summed E-state index contributed by atoms with van der Waals surface area (Å²) in [6, 6.07) is 4.16. The molecule has 0 aromatic heterocycles. The lowest BCUT2D eigenvalue weighted by molar-refractivity contribution is 0.281. The number of rotatable bonds is 7. The van der Waals surface area contributed by atoms with Gasteiger partial charge in [-0.05, 0) is 37.6 Å². The standard InChI is InChI=1S/C13H19FN2O3S/c1-16(11-3-4-11)7-6-15-20(18,19)13-5-2-10(9-17)8-12(13)14/h2,5,8,11,15,17H,3-4,6-7,9H2,1H3. The third-order valence-corrected chi connectivity index (χ3v) is 4.89. The van der Waals surface area contributed by atoms with Crippen LogP contribution in [-0.4, -0.2) is 44.6 Å². The highest BCUT2D eigenvalue weighted by Crippen LogP contribution is 2.24. The Hall–Kier alpha value is -1.02. The Morgan fingerprint density at radius 1 is 1.45 bits per heavy atom. The Morgan fingerprint density at radius 3 is 2.70 bits per heavy atom. The number of nitrogens with zero attached hydrogens (tertiary/aromatic N) is 1. The molecule has 0 spiro atoms. The summed E-state index contributed by atoms with van der Waals surface area (Å²) in [5, 5.41) is 8.88. The first-order valence-corrected chi connectivity index (χ1v) is 8.01. The van der Waals surface area contributed by atoms with Crippen LogP contribution in [0.1, 0.15) is 18.4 Å². The van der Waals surface area contributed by atoms with Gasteiger partial charge in [0.2, 0.25) is 10.0 Å². The number of aliphatic hydroxyl groups is 1. The van der Waals surface area contributed by atoms with E-state index < -0.39 is 15.8 Å². The normalized spacial score (nSPS) is 15.8. The van der Waals surface area contributed by atoms with Crippen LogP contribution < -0.4 is 4.72 Å². The molecule has 1 aliphatic rings. The average molecular weight is 302 g/mol. The van der Waals surface area contributed by atoms with E-state index in [0.29, 0.717) is 18.2 Å². The minimum absolute atomic E-state index is 0.247. The highest BCUT2D eigenvalue weighted by Gasteiger charge is 2.26. The van der Waals surface area contributed by atoms with E-state index in [4.69, 9.17) is 5.11 Å². The minimum Gasteiger partial charge on any atom is -0.392 e. The summed E-state index contributed by atoms with van der Waals surface area (Å²) in [4.78, 5) is 1.71. The lowest BCUT2D eigenvalue weighted by Gasteiger charge is -2.16. The molecule has 5 nitrogen and oxygen atoms in total. The summed E-state index contributed by atoms with van der Waals surface area (Å²) in [6.45, 7) is 0.521. The molecule has 0 aliphatic heterocycles. The van der Waals surface area contributed by atoms with Gasteiger partial charge in [0, 0.05) is 19.1 Å². The maximum Gasteiger partial charge on any atom is 0.243 e. The number of likely N-dealkylation sites (N-methyl/N-ethyl adjacent to an activating group) is 1. The van der Waals surface area contributed by atoms with Gasteiger partial charge >= 0.3 is 0 Å². The van der Waals surface area contributed by atoms with Crippen LogP contribution in [0.4, 0.5) is 4.39 Å². The number of aliphatic hydroxyl groups excluding tert-OH is 1. The first-order chi connectivity index (χ1) is 9.44. The van der Waals surface area contributed by atoms with Crippen LogP contribution in [0.2, 0.25) is 0 Å². The zero-order chi connectivity index (χ0) is 14.8. The topological polar surface area (TPSA) is 69.6 Å². The van der Waals surface area contributed by atoms with Crippen LogP contribution in [-0.2, 0) is 16.6 Å². The Kier molecular flexibility index (Phi) is 4.74. The molecule has 7 heteroatoms. The van der Waals surface area contributed by atoms with E-state index in [-0.39, 0.29) is 18.0 Å². The van der Waals surface area contributed by atoms with Gasteiger partial charge in [-0.2, -0.15) is 0 Å². The molecule has 0 bridgehead atoms. The second-order valence-electron chi connectivity index (χ2n) is 5.03. The number of hydrogen-bond acceptors (Lipinski definition) is 4. The third kappa shape index (κ3) is 3.76. The number of benzene rings is 1. The second kappa shape index (κ2) is 6.17. The van der Waals surface area contributed by atoms with Crippen LogP contribution in [0, 0.1) is 5.82 Å². The van der Waals surface area contributed by atoms with Crippen LogP contribution in [0.15, 0.2) is 23.1 Å². The van der Waals surface area contributed by atoms with E-state index in [0.717, 1.165) is 18.9 Å². The van der Waals surface area contributed by atoms with Crippen molar-refractivity contribution in [2.45, 2.75) is 30.4 Å². The van der Waals surface area contributed by atoms with E-state index in [9.17, 15) is 12.8 Å². The SMILES string of the molecule is CN(CCNS(=O)(=O)c1ccc(CO)cc1F)C1CC1. The Bertz CT molecular complexity index is 573. The lowest BCUT2D eigenvalue weighted by atomic mass is 10.2. The summed E-state index contributed by atoms with van der Waals surface area (Å²) in [5.74, 6) is -0.848. The molecule has 0 radical (unpaired) electrons. The molecule has 2 rings (SSSR count). The molecule has 1 aromatic rings. The largest absolute Gasteiger partial charge is 0.392 e. The summed E-state index contributed by atoms with van der Waals surface area (Å²) >= 11 is 0. The Balaban J connectivity index is 1.98. The molecule has 0 unspecified atom stereocenters. The second-order valence-corrected chi connectivity index (χ2v) is 6.77. The molecular weight excluding hydrogens is 283 g/mol. The zero-order valence-electron chi connectivity index (χ0n) is 11.3. The van der Waals surface area contributed by atoms with Gasteiger partial charge in [0.1, 0.15) is 10.7 Å². The Labute approximate surface area is 118 Å². The van der Waals surface area contributed by atoms with Crippen molar-refractivity contribution in [1.82, 2.24) is 9.62 Å². The van der Waals surface area contributed by atoms with Crippen molar-refractivity contribution in [3.8, 4) is 0 Å². The van der Waals surface area contributed by atoms with Crippen LogP contribution >= 0.6 is 0 Å². The molecule has 1 aromatic carbocycles. The van der Waals surface area contributed by atoms with Crippen molar-refractivity contribution >= 4 is 10.0 Å². The van der Waals surface area contributed by atoms with Crippen molar-refractivity contribution < 1.29 is 17.9 Å². The van der Waals surface area contributed by atoms with E-state index in [2.05, 4.69) is 9.62 Å². The molecule has 20 heavy (non-hydrogen) atoms. The molecule has 1 aliphatic carbocycles. The molecule has 0 amide bonds. The first kappa shape index (κ1) is 15.4. The Morgan fingerprint density at radius 2 is 2.15 bits per heavy atom. The van der Waals surface area contributed by atoms with Gasteiger partial charge in [0.25, 0.3) is 0 Å². The van der Waals surface area contributed by atoms with E-state index in [1.807, 2.05) is 7.05 Å². The predicted octanol–water partition coefficient (Wildman–Crippen LogP) is 0.691. The number of hydrogen-bond donors (Lipinski definition) is 2. The van der Waals surface area contributed by atoms with Gasteiger partial charge in [-0.25, -0.2) is 17.5 Å². The van der Waals surface area contributed by atoms with Crippen molar-refractivity contribution in [3.63, 3.8) is 0 Å². The molecule has 0 atom stereocenters. The molecular formula is C13H19FN2O3S. The fourth-order valence-corrected chi connectivity index (χ4v) is 3.07. The van der Waals surface area contributed by atoms with E-state index >= 15 is 0 Å². The quantitative estimate of drug-likeness (QED) is 0.777. The minimum atomic E-state index is -3.85. The summed E-state index contributed by atoms with van der Waals surface area (Å²) in [7, 11) is -1.90. The fourth-order valence-electron chi connectivity index (χ4n) is 1.99. The van der Waals surface area contributed by atoms with Crippen molar-refractivity contribution in [2.24, 2.45) is 0 Å². The first-order valence-electron chi connectivity index (χ1n) is 6.53. The van der Waals surface area contributed by atoms with Gasteiger partial charge in [-0.3, -0.25) is 0 Å². The highest BCUT2D eigenvalue weighted by atomic mass is 32.2. The summed E-state index contributed by atoms with van der Waals surface area (Å²) in [6.07, 6.45) is 2.31. The number of nitrogens with one attached hydrogen (secondary N) is 1. The average Bonchev–Trinajstić information content (AvgIpc) is 3.22. The van der Waals surface area contributed by atoms with Gasteiger partial charge in [0.05, 0.1) is 6.61 Å². The van der Waals surface area contributed by atoms with Gasteiger partial charge in [-0.15, -0.1) is 0 Å². The van der Waals surface area contributed by atoms with Gasteiger partial charge < -0.3 is 10.0 Å². The number of halogens is 1. The molecule has 112 valence electrons. The molecule has 1 fully saturated rings. The number of sulfonamides is 1. The zero-order valence-corrected chi connectivity index (χ0v) is 12.2. The van der Waals surface area contributed by atoms with Crippen molar-refractivity contribution in [1.29, 1.82) is 0 Å². The van der Waals surface area contributed by atoms with Gasteiger partial charge in [0.15, 0.2) is 0 Å². The summed E-state index contributed by atoms with van der Waals surface area (Å²) < 4.78 is 40.1. The van der Waals surface area contributed by atoms with Crippen LogP contribution in [0.3, 0.4) is 0 Å². The van der Waals surface area contributed by atoms with Gasteiger partial charge in [-0.1, -0.05) is 6.07 Å². The maximum absolute atomic E-state index is 13.7. The summed E-state index contributed by atoms with van der Waals surface area (Å²) in [5.41, 5.74) is 0.343. The maximum atomic E-state index is 13.7. The highest BCUT2D eigenvalue weighted by molar-refractivity contribution is 7.89.